The SMILES string of the molecule is O=C(COC(=O)CN1C(=O)[C@@H]2CCCC[C@H]2C1=O)Nc1ccc(SC(F)F)cc1. The summed E-state index contributed by atoms with van der Waals surface area (Å²) in [6, 6.07) is 5.77. The minimum absolute atomic E-state index is 0.345. The molecule has 1 saturated carbocycles. The van der Waals surface area contributed by atoms with E-state index in [1.165, 1.54) is 24.3 Å². The van der Waals surface area contributed by atoms with Crippen molar-refractivity contribution >= 4 is 41.1 Å². The van der Waals surface area contributed by atoms with Crippen molar-refractivity contribution in [2.45, 2.75) is 36.3 Å². The molecule has 2 atom stereocenters. The number of ether oxygens (including phenoxy) is 1. The highest BCUT2D eigenvalue weighted by Gasteiger charge is 2.48. The van der Waals surface area contributed by atoms with Gasteiger partial charge in [0, 0.05) is 10.6 Å². The molecule has 1 aliphatic carbocycles. The molecule has 1 saturated heterocycles. The predicted molar refractivity (Wildman–Crippen MR) is 100 cm³/mol. The van der Waals surface area contributed by atoms with Crippen LogP contribution in [0.4, 0.5) is 14.5 Å². The van der Waals surface area contributed by atoms with E-state index in [1.807, 2.05) is 0 Å². The first kappa shape index (κ1) is 21.2. The molecule has 2 aliphatic rings. The van der Waals surface area contributed by atoms with Crippen molar-refractivity contribution in [1.82, 2.24) is 4.90 Å². The Morgan fingerprint density at radius 1 is 1.10 bits per heavy atom. The predicted octanol–water partition coefficient (Wildman–Crippen LogP) is 2.66. The standard InChI is InChI=1S/C19H20F2N2O5S/c20-19(21)29-12-7-5-11(6-8-12)22-15(24)10-28-16(25)9-23-17(26)13-3-1-2-4-14(13)18(23)27/h5-8,13-14,19H,1-4,9-10H2,(H,22,24)/t13-,14-/m1/s1. The number of rotatable bonds is 7. The Balaban J connectivity index is 1.45. The lowest BCUT2D eigenvalue weighted by Gasteiger charge is -2.19. The van der Waals surface area contributed by atoms with E-state index >= 15 is 0 Å². The van der Waals surface area contributed by atoms with Crippen LogP contribution < -0.4 is 5.32 Å². The van der Waals surface area contributed by atoms with Crippen LogP contribution in [0.15, 0.2) is 29.2 Å². The van der Waals surface area contributed by atoms with E-state index in [0.29, 0.717) is 35.2 Å². The number of hydrogen-bond donors (Lipinski definition) is 1. The van der Waals surface area contributed by atoms with E-state index in [1.54, 1.807) is 0 Å². The number of fused-ring (bicyclic) bond motifs is 1. The number of carbonyl (C=O) groups is 4. The number of amides is 3. The number of halogens is 2. The minimum Gasteiger partial charge on any atom is -0.454 e. The van der Waals surface area contributed by atoms with Crippen molar-refractivity contribution in [1.29, 1.82) is 0 Å². The molecule has 156 valence electrons. The number of alkyl halides is 2. The number of esters is 1. The van der Waals surface area contributed by atoms with Crippen LogP contribution in [-0.2, 0) is 23.9 Å². The Labute approximate surface area is 170 Å². The van der Waals surface area contributed by atoms with Crippen LogP contribution in [0, 0.1) is 11.8 Å². The molecule has 1 aromatic carbocycles. The Hall–Kier alpha value is -2.49. The summed E-state index contributed by atoms with van der Waals surface area (Å²) in [5.74, 6) is -5.39. The van der Waals surface area contributed by atoms with Gasteiger partial charge in [-0.2, -0.15) is 8.78 Å². The molecular formula is C19H20F2N2O5S. The minimum atomic E-state index is -2.53. The number of nitrogens with zero attached hydrogens (tertiary/aromatic N) is 1. The molecule has 1 N–H and O–H groups in total. The molecule has 0 spiro atoms. The average Bonchev–Trinajstić information content (AvgIpc) is 2.93. The van der Waals surface area contributed by atoms with Crippen LogP contribution in [0.5, 0.6) is 0 Å². The first-order valence-corrected chi connectivity index (χ1v) is 10.1. The third-order valence-corrected chi connectivity index (χ3v) is 5.67. The van der Waals surface area contributed by atoms with Crippen LogP contribution in [0.25, 0.3) is 0 Å². The number of thioether (sulfide) groups is 1. The number of nitrogens with one attached hydrogen (secondary N) is 1. The van der Waals surface area contributed by atoms with E-state index in [2.05, 4.69) is 5.32 Å². The van der Waals surface area contributed by atoms with Crippen LogP contribution in [0.2, 0.25) is 0 Å². The fraction of sp³-hybridized carbons (Fsp3) is 0.474. The number of imide groups is 1. The maximum Gasteiger partial charge on any atom is 0.326 e. The van der Waals surface area contributed by atoms with Gasteiger partial charge < -0.3 is 10.1 Å². The van der Waals surface area contributed by atoms with Crippen molar-refractivity contribution in [3.05, 3.63) is 24.3 Å². The summed E-state index contributed by atoms with van der Waals surface area (Å²) in [6.07, 6.45) is 3.08. The molecule has 29 heavy (non-hydrogen) atoms. The molecule has 0 aromatic heterocycles. The summed E-state index contributed by atoms with van der Waals surface area (Å²) in [5, 5.41) is 2.47. The van der Waals surface area contributed by atoms with Crippen molar-refractivity contribution in [2.24, 2.45) is 11.8 Å². The molecule has 3 amide bonds. The van der Waals surface area contributed by atoms with Gasteiger partial charge in [0.25, 0.3) is 11.7 Å². The molecule has 10 heteroatoms. The summed E-state index contributed by atoms with van der Waals surface area (Å²) in [7, 11) is 0. The first-order valence-electron chi connectivity index (χ1n) is 9.20. The summed E-state index contributed by atoms with van der Waals surface area (Å²) in [4.78, 5) is 49.8. The fourth-order valence-corrected chi connectivity index (χ4v) is 4.12. The first-order chi connectivity index (χ1) is 13.8. The lowest BCUT2D eigenvalue weighted by molar-refractivity contribution is -0.154. The zero-order valence-corrected chi connectivity index (χ0v) is 16.3. The summed E-state index contributed by atoms with van der Waals surface area (Å²) in [5.41, 5.74) is 0.360. The van der Waals surface area contributed by atoms with Crippen LogP contribution in [0.1, 0.15) is 25.7 Å². The van der Waals surface area contributed by atoms with E-state index in [0.717, 1.165) is 17.7 Å². The number of carbonyl (C=O) groups excluding carboxylic acids is 4. The highest BCUT2D eigenvalue weighted by atomic mass is 32.2. The molecule has 1 aliphatic heterocycles. The van der Waals surface area contributed by atoms with Gasteiger partial charge in [0.05, 0.1) is 11.8 Å². The Bertz CT molecular complexity index is 778. The summed E-state index contributed by atoms with van der Waals surface area (Å²) < 4.78 is 29.4. The van der Waals surface area contributed by atoms with E-state index in [4.69, 9.17) is 4.74 Å². The molecule has 0 radical (unpaired) electrons. The summed E-state index contributed by atoms with van der Waals surface area (Å²) >= 11 is 0.388. The Morgan fingerprint density at radius 2 is 1.69 bits per heavy atom. The number of benzene rings is 1. The van der Waals surface area contributed by atoms with E-state index in [9.17, 15) is 28.0 Å². The maximum atomic E-state index is 12.3. The second kappa shape index (κ2) is 9.34. The second-order valence-corrected chi connectivity index (χ2v) is 7.94. The van der Waals surface area contributed by atoms with Crippen LogP contribution in [0.3, 0.4) is 0 Å². The smallest absolute Gasteiger partial charge is 0.326 e. The number of hydrogen-bond acceptors (Lipinski definition) is 6. The normalized spacial score (nSPS) is 21.3. The third kappa shape index (κ3) is 5.31. The fourth-order valence-electron chi connectivity index (χ4n) is 3.62. The third-order valence-electron chi connectivity index (χ3n) is 4.95. The van der Waals surface area contributed by atoms with E-state index < -0.39 is 30.8 Å². The van der Waals surface area contributed by atoms with Gasteiger partial charge in [0.2, 0.25) is 11.8 Å². The highest BCUT2D eigenvalue weighted by Crippen LogP contribution is 2.37. The molecule has 1 aromatic rings. The van der Waals surface area contributed by atoms with Gasteiger partial charge in [-0.1, -0.05) is 24.6 Å². The van der Waals surface area contributed by atoms with Crippen LogP contribution in [-0.4, -0.2) is 47.5 Å². The number of anilines is 1. The molecule has 1 heterocycles. The molecular weight excluding hydrogens is 406 g/mol. The van der Waals surface area contributed by atoms with Gasteiger partial charge >= 0.3 is 5.97 Å². The Morgan fingerprint density at radius 3 is 2.24 bits per heavy atom. The maximum absolute atomic E-state index is 12.3. The van der Waals surface area contributed by atoms with Crippen molar-refractivity contribution in [2.75, 3.05) is 18.5 Å². The molecule has 2 fully saturated rings. The van der Waals surface area contributed by atoms with Crippen LogP contribution >= 0.6 is 11.8 Å². The van der Waals surface area contributed by atoms with Gasteiger partial charge in [-0.05, 0) is 37.1 Å². The van der Waals surface area contributed by atoms with Gasteiger partial charge in [0.15, 0.2) is 6.61 Å². The second-order valence-electron chi connectivity index (χ2n) is 6.87. The molecule has 0 bridgehead atoms. The molecule has 3 rings (SSSR count). The highest BCUT2D eigenvalue weighted by molar-refractivity contribution is 7.99. The number of likely N-dealkylation sites (tertiary alicyclic amines) is 1. The van der Waals surface area contributed by atoms with Gasteiger partial charge in [0.1, 0.15) is 6.54 Å². The lowest BCUT2D eigenvalue weighted by atomic mass is 9.81. The quantitative estimate of drug-likeness (QED) is 0.409. The largest absolute Gasteiger partial charge is 0.454 e. The zero-order chi connectivity index (χ0) is 21.0. The topological polar surface area (TPSA) is 92.8 Å². The van der Waals surface area contributed by atoms with Gasteiger partial charge in [-0.15, -0.1) is 0 Å². The molecule has 0 unspecified atom stereocenters. The van der Waals surface area contributed by atoms with E-state index in [-0.39, 0.29) is 23.7 Å². The van der Waals surface area contributed by atoms with Gasteiger partial charge in [-0.25, -0.2) is 0 Å². The van der Waals surface area contributed by atoms with Gasteiger partial charge in [-0.3, -0.25) is 24.1 Å². The Kier molecular flexibility index (Phi) is 6.83. The van der Waals surface area contributed by atoms with Crippen molar-refractivity contribution < 1.29 is 32.7 Å². The monoisotopic (exact) mass is 426 g/mol. The zero-order valence-electron chi connectivity index (χ0n) is 15.4. The van der Waals surface area contributed by atoms with Crippen molar-refractivity contribution in [3.8, 4) is 0 Å². The summed E-state index contributed by atoms with van der Waals surface area (Å²) in [6.45, 7) is -1.09. The lowest BCUT2D eigenvalue weighted by Crippen LogP contribution is -2.37. The van der Waals surface area contributed by atoms with Crippen molar-refractivity contribution in [3.63, 3.8) is 0 Å². The average molecular weight is 426 g/mol. The molecule has 7 nitrogen and oxygen atoms in total.